The lowest BCUT2D eigenvalue weighted by Crippen LogP contribution is -2.29. The summed E-state index contributed by atoms with van der Waals surface area (Å²) in [4.78, 5) is 25.7. The molecule has 1 aromatic carbocycles. The number of carbonyl (C=O) groups excluding carboxylic acids is 1. The zero-order valence-electron chi connectivity index (χ0n) is 13.8. The van der Waals surface area contributed by atoms with Crippen LogP contribution in [0.1, 0.15) is 33.9 Å². The molecule has 126 valence electrons. The lowest BCUT2D eigenvalue weighted by molar-refractivity contribution is 0.0751. The zero-order valence-corrected chi connectivity index (χ0v) is 13.8. The van der Waals surface area contributed by atoms with Crippen molar-refractivity contribution in [3.05, 3.63) is 69.0 Å². The summed E-state index contributed by atoms with van der Waals surface area (Å²) < 4.78 is 18.7. The molecule has 4 nitrogen and oxygen atoms in total. The van der Waals surface area contributed by atoms with Gasteiger partial charge in [-0.15, -0.1) is 0 Å². The SMILES string of the molecule is Cc1cc(=O)cc(C(=O)N2CCC(Cc3ccc(F)c(C)c3)C2)o1. The molecule has 0 saturated carbocycles. The van der Waals surface area contributed by atoms with E-state index < -0.39 is 0 Å². The van der Waals surface area contributed by atoms with Crippen LogP contribution in [-0.4, -0.2) is 23.9 Å². The van der Waals surface area contributed by atoms with Crippen LogP contribution in [0.25, 0.3) is 0 Å². The molecule has 1 unspecified atom stereocenters. The fraction of sp³-hybridized carbons (Fsp3) is 0.368. The standard InChI is InChI=1S/C19H20FNO3/c1-12-7-14(3-4-17(12)20)9-15-5-6-21(11-15)19(23)18-10-16(22)8-13(2)24-18/h3-4,7-8,10,15H,5-6,9,11H2,1-2H3. The van der Waals surface area contributed by atoms with E-state index in [1.165, 1.54) is 18.2 Å². The maximum absolute atomic E-state index is 13.3. The van der Waals surface area contributed by atoms with E-state index in [2.05, 4.69) is 0 Å². The summed E-state index contributed by atoms with van der Waals surface area (Å²) >= 11 is 0. The van der Waals surface area contributed by atoms with Crippen molar-refractivity contribution in [3.63, 3.8) is 0 Å². The van der Waals surface area contributed by atoms with Gasteiger partial charge in [0.15, 0.2) is 11.2 Å². The Morgan fingerprint density at radius 2 is 2.08 bits per heavy atom. The molecule has 2 heterocycles. The number of amides is 1. The van der Waals surface area contributed by atoms with Gasteiger partial charge in [0.1, 0.15) is 11.6 Å². The molecule has 24 heavy (non-hydrogen) atoms. The van der Waals surface area contributed by atoms with E-state index >= 15 is 0 Å². The van der Waals surface area contributed by atoms with Crippen molar-refractivity contribution in [2.24, 2.45) is 5.92 Å². The first-order valence-corrected chi connectivity index (χ1v) is 8.08. The van der Waals surface area contributed by atoms with Crippen molar-refractivity contribution in [1.29, 1.82) is 0 Å². The van der Waals surface area contributed by atoms with Gasteiger partial charge in [-0.3, -0.25) is 9.59 Å². The van der Waals surface area contributed by atoms with Gasteiger partial charge in [0.05, 0.1) is 0 Å². The Morgan fingerprint density at radius 3 is 2.79 bits per heavy atom. The van der Waals surface area contributed by atoms with Crippen LogP contribution >= 0.6 is 0 Å². The minimum absolute atomic E-state index is 0.0956. The molecule has 0 spiro atoms. The average Bonchev–Trinajstić information content (AvgIpc) is 2.98. The lowest BCUT2D eigenvalue weighted by Gasteiger charge is -2.16. The average molecular weight is 329 g/mol. The summed E-state index contributed by atoms with van der Waals surface area (Å²) in [6, 6.07) is 7.75. The van der Waals surface area contributed by atoms with Crippen LogP contribution in [0.4, 0.5) is 4.39 Å². The van der Waals surface area contributed by atoms with Gasteiger partial charge in [-0.1, -0.05) is 12.1 Å². The van der Waals surface area contributed by atoms with Crippen LogP contribution in [0, 0.1) is 25.6 Å². The van der Waals surface area contributed by atoms with E-state index in [9.17, 15) is 14.0 Å². The van der Waals surface area contributed by atoms with Gasteiger partial charge in [-0.05, 0) is 49.8 Å². The minimum Gasteiger partial charge on any atom is -0.456 e. The number of hydrogen-bond donors (Lipinski definition) is 0. The summed E-state index contributed by atoms with van der Waals surface area (Å²) in [5.41, 5.74) is 1.50. The van der Waals surface area contributed by atoms with Crippen molar-refractivity contribution in [3.8, 4) is 0 Å². The van der Waals surface area contributed by atoms with Crippen LogP contribution in [0.2, 0.25) is 0 Å². The summed E-state index contributed by atoms with van der Waals surface area (Å²) in [5.74, 6) is 0.419. The van der Waals surface area contributed by atoms with Crippen molar-refractivity contribution in [2.75, 3.05) is 13.1 Å². The van der Waals surface area contributed by atoms with Gasteiger partial charge in [0.2, 0.25) is 0 Å². The molecule has 1 aliphatic heterocycles. The second kappa shape index (κ2) is 6.59. The van der Waals surface area contributed by atoms with E-state index in [0.29, 0.717) is 30.3 Å². The number of aryl methyl sites for hydroxylation is 2. The third-order valence-corrected chi connectivity index (χ3v) is 4.42. The largest absolute Gasteiger partial charge is 0.456 e. The Balaban J connectivity index is 1.67. The summed E-state index contributed by atoms with van der Waals surface area (Å²) in [7, 11) is 0. The molecule has 1 amide bonds. The number of carbonyl (C=O) groups is 1. The summed E-state index contributed by atoms with van der Waals surface area (Å²) in [5, 5.41) is 0. The molecule has 1 saturated heterocycles. The molecular formula is C19H20FNO3. The van der Waals surface area contributed by atoms with Gasteiger partial charge in [-0.25, -0.2) is 4.39 Å². The number of rotatable bonds is 3. The maximum atomic E-state index is 13.3. The molecule has 0 bridgehead atoms. The van der Waals surface area contributed by atoms with Crippen molar-refractivity contribution >= 4 is 5.91 Å². The van der Waals surface area contributed by atoms with Crippen molar-refractivity contribution in [1.82, 2.24) is 4.90 Å². The molecule has 5 heteroatoms. The lowest BCUT2D eigenvalue weighted by atomic mass is 9.97. The molecule has 1 aromatic heterocycles. The molecule has 0 aliphatic carbocycles. The third-order valence-electron chi connectivity index (χ3n) is 4.42. The molecule has 0 N–H and O–H groups in total. The second-order valence-corrected chi connectivity index (χ2v) is 6.46. The van der Waals surface area contributed by atoms with Crippen LogP contribution in [0.3, 0.4) is 0 Å². The van der Waals surface area contributed by atoms with Crippen LogP contribution in [0.5, 0.6) is 0 Å². The van der Waals surface area contributed by atoms with E-state index in [1.54, 1.807) is 24.8 Å². The normalized spacial score (nSPS) is 17.3. The predicted molar refractivity (Wildman–Crippen MR) is 88.6 cm³/mol. The Hall–Kier alpha value is -2.43. The monoisotopic (exact) mass is 329 g/mol. The van der Waals surface area contributed by atoms with E-state index in [4.69, 9.17) is 4.42 Å². The second-order valence-electron chi connectivity index (χ2n) is 6.46. The Morgan fingerprint density at radius 1 is 1.29 bits per heavy atom. The zero-order chi connectivity index (χ0) is 17.3. The molecular weight excluding hydrogens is 309 g/mol. The highest BCUT2D eigenvalue weighted by Gasteiger charge is 2.28. The molecule has 1 fully saturated rings. The quantitative estimate of drug-likeness (QED) is 0.869. The molecule has 2 aromatic rings. The highest BCUT2D eigenvalue weighted by Crippen LogP contribution is 2.23. The molecule has 1 aliphatic rings. The molecule has 1 atom stereocenters. The smallest absolute Gasteiger partial charge is 0.289 e. The third kappa shape index (κ3) is 3.55. The van der Waals surface area contributed by atoms with E-state index in [1.807, 2.05) is 6.07 Å². The molecule has 0 radical (unpaired) electrons. The Kier molecular flexibility index (Phi) is 4.51. The predicted octanol–water partition coefficient (Wildman–Crippen LogP) is 3.10. The first-order valence-electron chi connectivity index (χ1n) is 8.08. The maximum Gasteiger partial charge on any atom is 0.289 e. The van der Waals surface area contributed by atoms with E-state index in [-0.39, 0.29) is 22.9 Å². The fourth-order valence-electron chi connectivity index (χ4n) is 3.22. The Labute approximate surface area is 139 Å². The molecule has 3 rings (SSSR count). The number of nitrogens with zero attached hydrogens (tertiary/aromatic N) is 1. The Bertz CT molecular complexity index is 828. The van der Waals surface area contributed by atoms with Gasteiger partial charge in [0.25, 0.3) is 5.91 Å². The minimum atomic E-state index is -0.242. The number of benzene rings is 1. The first-order chi connectivity index (χ1) is 11.4. The van der Waals surface area contributed by atoms with Gasteiger partial charge in [-0.2, -0.15) is 0 Å². The number of hydrogen-bond acceptors (Lipinski definition) is 3. The highest BCUT2D eigenvalue weighted by atomic mass is 19.1. The summed E-state index contributed by atoms with van der Waals surface area (Å²) in [6.07, 6.45) is 1.70. The highest BCUT2D eigenvalue weighted by molar-refractivity contribution is 5.91. The van der Waals surface area contributed by atoms with Crippen LogP contribution < -0.4 is 5.43 Å². The van der Waals surface area contributed by atoms with E-state index in [0.717, 1.165) is 18.4 Å². The topological polar surface area (TPSA) is 50.5 Å². The first kappa shape index (κ1) is 16.4. The van der Waals surface area contributed by atoms with Gasteiger partial charge in [0, 0.05) is 25.2 Å². The van der Waals surface area contributed by atoms with Crippen molar-refractivity contribution in [2.45, 2.75) is 26.7 Å². The van der Waals surface area contributed by atoms with Gasteiger partial charge >= 0.3 is 0 Å². The van der Waals surface area contributed by atoms with Gasteiger partial charge < -0.3 is 9.32 Å². The van der Waals surface area contributed by atoms with Crippen LogP contribution in [-0.2, 0) is 6.42 Å². The summed E-state index contributed by atoms with van der Waals surface area (Å²) in [6.45, 7) is 4.67. The van der Waals surface area contributed by atoms with Crippen molar-refractivity contribution < 1.29 is 13.6 Å². The number of halogens is 1. The number of likely N-dealkylation sites (tertiary alicyclic amines) is 1. The van der Waals surface area contributed by atoms with Crippen LogP contribution in [0.15, 0.2) is 39.5 Å². The fourth-order valence-corrected chi connectivity index (χ4v) is 3.22.